The molecule has 2 fully saturated rings. The summed E-state index contributed by atoms with van der Waals surface area (Å²) in [6.07, 6.45) is 3.39. The summed E-state index contributed by atoms with van der Waals surface area (Å²) in [5, 5.41) is 0. The van der Waals surface area contributed by atoms with Gasteiger partial charge in [-0.2, -0.15) is 0 Å². The molecule has 6 nitrogen and oxygen atoms in total. The van der Waals surface area contributed by atoms with Crippen molar-refractivity contribution in [1.29, 1.82) is 0 Å². The number of nitrogens with zero attached hydrogens (tertiary/aromatic N) is 2. The van der Waals surface area contributed by atoms with Gasteiger partial charge < -0.3 is 20.3 Å². The van der Waals surface area contributed by atoms with Crippen LogP contribution in [0.5, 0.6) is 0 Å². The third kappa shape index (κ3) is 2.69. The zero-order chi connectivity index (χ0) is 12.3. The minimum Gasteiger partial charge on any atom is -0.378 e. The van der Waals surface area contributed by atoms with E-state index in [9.17, 15) is 9.59 Å². The predicted molar refractivity (Wildman–Crippen MR) is 61.0 cm³/mol. The first-order valence-electron chi connectivity index (χ1n) is 5.94. The Kier molecular flexibility index (Phi) is 3.83. The van der Waals surface area contributed by atoms with Crippen LogP contribution in [-0.2, 0) is 9.53 Å². The lowest BCUT2D eigenvalue weighted by Gasteiger charge is -2.38. The fourth-order valence-corrected chi connectivity index (χ4v) is 2.22. The second-order valence-corrected chi connectivity index (χ2v) is 4.31. The van der Waals surface area contributed by atoms with E-state index in [0.29, 0.717) is 39.3 Å². The number of likely N-dealkylation sites (tertiary alicyclic amines) is 1. The van der Waals surface area contributed by atoms with Crippen molar-refractivity contribution in [3.63, 3.8) is 0 Å². The summed E-state index contributed by atoms with van der Waals surface area (Å²) in [7, 11) is 0. The Morgan fingerprint density at radius 3 is 2.59 bits per heavy atom. The van der Waals surface area contributed by atoms with E-state index in [1.54, 1.807) is 9.80 Å². The van der Waals surface area contributed by atoms with Crippen molar-refractivity contribution in [3.05, 3.63) is 6.42 Å². The molecule has 0 saturated carbocycles. The summed E-state index contributed by atoms with van der Waals surface area (Å²) in [5.74, 6) is -0.428. The molecule has 2 aliphatic heterocycles. The number of carbonyl (C=O) groups excluding carboxylic acids is 2. The first kappa shape index (κ1) is 12.2. The van der Waals surface area contributed by atoms with Crippen LogP contribution in [0.15, 0.2) is 0 Å². The number of primary amides is 1. The van der Waals surface area contributed by atoms with E-state index in [4.69, 9.17) is 10.5 Å². The Hall–Kier alpha value is -1.30. The monoisotopic (exact) mass is 240 g/mol. The van der Waals surface area contributed by atoms with Gasteiger partial charge in [0.05, 0.1) is 13.2 Å². The molecule has 0 bridgehead atoms. The Labute approximate surface area is 101 Å². The summed E-state index contributed by atoms with van der Waals surface area (Å²) in [4.78, 5) is 26.9. The lowest BCUT2D eigenvalue weighted by atomic mass is 10.0. The molecule has 1 radical (unpaired) electrons. The first-order chi connectivity index (χ1) is 8.20. The highest BCUT2D eigenvalue weighted by molar-refractivity contribution is 5.86. The molecule has 0 aromatic rings. The molecule has 2 heterocycles. The summed E-state index contributed by atoms with van der Waals surface area (Å²) >= 11 is 0. The number of urea groups is 1. The summed E-state index contributed by atoms with van der Waals surface area (Å²) in [6.45, 7) is 2.87. The number of amides is 3. The summed E-state index contributed by atoms with van der Waals surface area (Å²) in [6, 6.07) is -0.579. The van der Waals surface area contributed by atoms with Crippen LogP contribution < -0.4 is 5.73 Å². The van der Waals surface area contributed by atoms with Crippen molar-refractivity contribution in [2.75, 3.05) is 32.8 Å². The van der Waals surface area contributed by atoms with Gasteiger partial charge in [0.2, 0.25) is 5.91 Å². The molecule has 0 aromatic heterocycles. The Morgan fingerprint density at radius 1 is 1.24 bits per heavy atom. The fourth-order valence-electron chi connectivity index (χ4n) is 2.22. The van der Waals surface area contributed by atoms with Crippen LogP contribution in [0.4, 0.5) is 4.79 Å². The maximum Gasteiger partial charge on any atom is 0.320 e. The molecule has 2 aliphatic rings. The molecular weight excluding hydrogens is 222 g/mol. The van der Waals surface area contributed by atoms with Gasteiger partial charge in [0.15, 0.2) is 0 Å². The van der Waals surface area contributed by atoms with Crippen LogP contribution >= 0.6 is 0 Å². The third-order valence-electron chi connectivity index (χ3n) is 3.20. The predicted octanol–water partition coefficient (Wildman–Crippen LogP) is -0.407. The van der Waals surface area contributed by atoms with E-state index in [1.165, 1.54) is 0 Å². The SMILES string of the molecule is NC(=O)C1C[CH]CCN1C(=O)N1CCOCC1. The van der Waals surface area contributed by atoms with E-state index >= 15 is 0 Å². The van der Waals surface area contributed by atoms with Gasteiger partial charge in [-0.3, -0.25) is 4.79 Å². The average Bonchev–Trinajstić information content (AvgIpc) is 2.39. The molecular formula is C11H18N3O3. The molecule has 0 aromatic carbocycles. The van der Waals surface area contributed by atoms with Crippen molar-refractivity contribution in [2.45, 2.75) is 18.9 Å². The van der Waals surface area contributed by atoms with E-state index < -0.39 is 11.9 Å². The topological polar surface area (TPSA) is 75.9 Å². The molecule has 95 valence electrons. The minimum absolute atomic E-state index is 0.0924. The lowest BCUT2D eigenvalue weighted by Crippen LogP contribution is -2.56. The van der Waals surface area contributed by atoms with Crippen molar-refractivity contribution in [1.82, 2.24) is 9.80 Å². The zero-order valence-electron chi connectivity index (χ0n) is 9.80. The second-order valence-electron chi connectivity index (χ2n) is 4.31. The number of hydrogen-bond donors (Lipinski definition) is 1. The van der Waals surface area contributed by atoms with Crippen LogP contribution in [0.3, 0.4) is 0 Å². The van der Waals surface area contributed by atoms with Crippen molar-refractivity contribution in [3.8, 4) is 0 Å². The van der Waals surface area contributed by atoms with Crippen LogP contribution in [0.25, 0.3) is 0 Å². The van der Waals surface area contributed by atoms with Gasteiger partial charge in [0.1, 0.15) is 6.04 Å². The molecule has 1 unspecified atom stereocenters. The van der Waals surface area contributed by atoms with Gasteiger partial charge >= 0.3 is 6.03 Å². The molecule has 3 amide bonds. The van der Waals surface area contributed by atoms with Crippen molar-refractivity contribution >= 4 is 11.9 Å². The first-order valence-corrected chi connectivity index (χ1v) is 5.94. The number of nitrogens with two attached hydrogens (primary N) is 1. The van der Waals surface area contributed by atoms with E-state index in [2.05, 4.69) is 0 Å². The number of carbonyl (C=O) groups is 2. The van der Waals surface area contributed by atoms with Crippen molar-refractivity contribution in [2.24, 2.45) is 5.73 Å². The van der Waals surface area contributed by atoms with Gasteiger partial charge in [0.25, 0.3) is 0 Å². The maximum atomic E-state index is 12.2. The number of ether oxygens (including phenoxy) is 1. The van der Waals surface area contributed by atoms with Crippen LogP contribution in [0, 0.1) is 6.42 Å². The number of hydrogen-bond acceptors (Lipinski definition) is 3. The number of piperidine rings is 1. The Morgan fingerprint density at radius 2 is 1.94 bits per heavy atom. The van der Waals surface area contributed by atoms with Crippen LogP contribution in [0.1, 0.15) is 12.8 Å². The van der Waals surface area contributed by atoms with Gasteiger partial charge in [-0.1, -0.05) is 0 Å². The average molecular weight is 240 g/mol. The maximum absolute atomic E-state index is 12.2. The zero-order valence-corrected chi connectivity index (χ0v) is 9.80. The number of rotatable bonds is 1. The molecule has 6 heteroatoms. The molecule has 0 spiro atoms. The molecule has 2 N–H and O–H groups in total. The van der Waals surface area contributed by atoms with Gasteiger partial charge in [-0.15, -0.1) is 0 Å². The smallest absolute Gasteiger partial charge is 0.320 e. The molecule has 2 saturated heterocycles. The summed E-state index contributed by atoms with van der Waals surface area (Å²) in [5.41, 5.74) is 5.33. The highest BCUT2D eigenvalue weighted by Gasteiger charge is 2.33. The summed E-state index contributed by atoms with van der Waals surface area (Å²) < 4.78 is 5.20. The van der Waals surface area contributed by atoms with Crippen LogP contribution in [0.2, 0.25) is 0 Å². The van der Waals surface area contributed by atoms with Gasteiger partial charge in [0, 0.05) is 19.6 Å². The molecule has 0 aliphatic carbocycles. The highest BCUT2D eigenvalue weighted by atomic mass is 16.5. The Bertz CT molecular complexity index is 302. The van der Waals surface area contributed by atoms with Crippen molar-refractivity contribution < 1.29 is 14.3 Å². The van der Waals surface area contributed by atoms with Gasteiger partial charge in [-0.25, -0.2) is 4.79 Å². The fraction of sp³-hybridized carbons (Fsp3) is 0.727. The van der Waals surface area contributed by atoms with Crippen LogP contribution in [-0.4, -0.2) is 60.6 Å². The minimum atomic E-state index is -0.487. The normalized spacial score (nSPS) is 25.8. The van der Waals surface area contributed by atoms with E-state index in [1.807, 2.05) is 6.42 Å². The largest absolute Gasteiger partial charge is 0.378 e. The third-order valence-corrected chi connectivity index (χ3v) is 3.20. The second kappa shape index (κ2) is 5.35. The lowest BCUT2D eigenvalue weighted by molar-refractivity contribution is -0.123. The molecule has 17 heavy (non-hydrogen) atoms. The van der Waals surface area contributed by atoms with Gasteiger partial charge in [-0.05, 0) is 19.3 Å². The van der Waals surface area contributed by atoms with E-state index in [0.717, 1.165) is 6.42 Å². The van der Waals surface area contributed by atoms with E-state index in [-0.39, 0.29) is 6.03 Å². The standard InChI is InChI=1S/C11H18N3O3/c12-10(15)9-3-1-2-4-14(9)11(16)13-5-7-17-8-6-13/h1,9H,2-8H2,(H2,12,15). The number of morpholine rings is 1. The Balaban J connectivity index is 2.02. The molecule has 2 rings (SSSR count). The molecule has 1 atom stereocenters. The quantitative estimate of drug-likeness (QED) is 0.677. The highest BCUT2D eigenvalue weighted by Crippen LogP contribution is 2.18.